The minimum Gasteiger partial charge on any atom is -0.481 e. The summed E-state index contributed by atoms with van der Waals surface area (Å²) in [5.41, 5.74) is 2.54. The number of nitrogens with zero attached hydrogens (tertiary/aromatic N) is 1. The van der Waals surface area contributed by atoms with Gasteiger partial charge in [-0.25, -0.2) is 4.90 Å². The van der Waals surface area contributed by atoms with Crippen molar-refractivity contribution in [2.75, 3.05) is 10.2 Å². The van der Waals surface area contributed by atoms with Crippen molar-refractivity contribution >= 4 is 29.1 Å². The second kappa shape index (κ2) is 7.83. The molecule has 0 fully saturated rings. The number of anilines is 2. The summed E-state index contributed by atoms with van der Waals surface area (Å²) >= 11 is 0. The van der Waals surface area contributed by atoms with Gasteiger partial charge < -0.3 is 10.1 Å². The molecule has 4 rings (SSSR count). The quantitative estimate of drug-likeness (QED) is 0.651. The van der Waals surface area contributed by atoms with E-state index in [1.54, 1.807) is 49.4 Å². The van der Waals surface area contributed by atoms with Gasteiger partial charge in [-0.05, 0) is 61.9 Å². The van der Waals surface area contributed by atoms with Gasteiger partial charge in [0.25, 0.3) is 17.7 Å². The lowest BCUT2D eigenvalue weighted by molar-refractivity contribution is -0.122. The highest BCUT2D eigenvalue weighted by Gasteiger charge is 2.36. The summed E-state index contributed by atoms with van der Waals surface area (Å²) in [6.07, 6.45) is -0.738. The third-order valence-corrected chi connectivity index (χ3v) is 4.84. The number of nitrogens with one attached hydrogen (secondary N) is 1. The van der Waals surface area contributed by atoms with Crippen molar-refractivity contribution in [2.24, 2.45) is 0 Å². The highest BCUT2D eigenvalue weighted by atomic mass is 16.5. The Morgan fingerprint density at radius 1 is 0.900 bits per heavy atom. The topological polar surface area (TPSA) is 75.7 Å². The molecule has 3 aromatic carbocycles. The van der Waals surface area contributed by atoms with Crippen LogP contribution in [0.4, 0.5) is 11.4 Å². The lowest BCUT2D eigenvalue weighted by Gasteiger charge is -2.15. The Bertz CT molecular complexity index is 1140. The van der Waals surface area contributed by atoms with Gasteiger partial charge in [0.15, 0.2) is 6.10 Å². The summed E-state index contributed by atoms with van der Waals surface area (Å²) < 4.78 is 5.69. The van der Waals surface area contributed by atoms with E-state index >= 15 is 0 Å². The molecule has 0 aromatic heterocycles. The number of benzene rings is 3. The smallest absolute Gasteiger partial charge is 0.266 e. The van der Waals surface area contributed by atoms with Crippen molar-refractivity contribution in [1.82, 2.24) is 0 Å². The van der Waals surface area contributed by atoms with Crippen LogP contribution >= 0.6 is 0 Å². The molecule has 0 spiro atoms. The molecule has 1 N–H and O–H groups in total. The predicted molar refractivity (Wildman–Crippen MR) is 114 cm³/mol. The Hall–Kier alpha value is -3.93. The number of hydrogen-bond acceptors (Lipinski definition) is 4. The monoisotopic (exact) mass is 400 g/mol. The molecule has 1 heterocycles. The van der Waals surface area contributed by atoms with Crippen LogP contribution in [0.15, 0.2) is 72.8 Å². The van der Waals surface area contributed by atoms with Crippen molar-refractivity contribution in [1.29, 1.82) is 0 Å². The van der Waals surface area contributed by atoms with Gasteiger partial charge in [-0.1, -0.05) is 30.3 Å². The zero-order chi connectivity index (χ0) is 21.3. The van der Waals surface area contributed by atoms with E-state index in [4.69, 9.17) is 4.74 Å². The zero-order valence-corrected chi connectivity index (χ0v) is 16.6. The average molecular weight is 400 g/mol. The first-order chi connectivity index (χ1) is 14.4. The SMILES string of the molecule is Cc1cccc(OC(C)C(=O)Nc2ccc3c(c2)C(=O)N(c2ccccc2)C3=O)c1. The van der Waals surface area contributed by atoms with Gasteiger partial charge in [-0.3, -0.25) is 14.4 Å². The minimum absolute atomic E-state index is 0.258. The molecule has 0 saturated heterocycles. The number of carbonyl (C=O) groups is 3. The number of amides is 3. The summed E-state index contributed by atoms with van der Waals surface area (Å²) in [5.74, 6) is -0.546. The number of ether oxygens (including phenoxy) is 1. The van der Waals surface area contributed by atoms with Gasteiger partial charge in [0.05, 0.1) is 16.8 Å². The fourth-order valence-electron chi connectivity index (χ4n) is 3.32. The summed E-state index contributed by atoms with van der Waals surface area (Å²) in [6.45, 7) is 3.59. The number of carbonyl (C=O) groups excluding carboxylic acids is 3. The lowest BCUT2D eigenvalue weighted by atomic mass is 10.1. The molecule has 1 unspecified atom stereocenters. The first-order valence-electron chi connectivity index (χ1n) is 9.56. The van der Waals surface area contributed by atoms with Crippen molar-refractivity contribution in [3.8, 4) is 5.75 Å². The van der Waals surface area contributed by atoms with Crippen LogP contribution in [0.5, 0.6) is 5.75 Å². The van der Waals surface area contributed by atoms with Crippen molar-refractivity contribution in [3.63, 3.8) is 0 Å². The van der Waals surface area contributed by atoms with Gasteiger partial charge in [-0.15, -0.1) is 0 Å². The number of rotatable bonds is 5. The molecule has 0 bridgehead atoms. The highest BCUT2D eigenvalue weighted by molar-refractivity contribution is 6.34. The van der Waals surface area contributed by atoms with Gasteiger partial charge >= 0.3 is 0 Å². The van der Waals surface area contributed by atoms with Gasteiger partial charge in [0.1, 0.15) is 5.75 Å². The molecule has 3 aromatic rings. The third kappa shape index (κ3) is 3.67. The maximum Gasteiger partial charge on any atom is 0.266 e. The Morgan fingerprint density at radius 3 is 2.37 bits per heavy atom. The van der Waals surface area contributed by atoms with Crippen LogP contribution < -0.4 is 15.0 Å². The summed E-state index contributed by atoms with van der Waals surface area (Å²) in [4.78, 5) is 39.2. The molecular weight excluding hydrogens is 380 g/mol. The van der Waals surface area contributed by atoms with Crippen LogP contribution in [0.3, 0.4) is 0 Å². The maximum absolute atomic E-state index is 12.8. The molecule has 150 valence electrons. The third-order valence-electron chi connectivity index (χ3n) is 4.84. The highest BCUT2D eigenvalue weighted by Crippen LogP contribution is 2.30. The van der Waals surface area contributed by atoms with E-state index in [0.717, 1.165) is 10.5 Å². The molecule has 6 heteroatoms. The normalized spacial score (nSPS) is 13.7. The average Bonchev–Trinajstić information content (AvgIpc) is 2.98. The standard InChI is InChI=1S/C24H20N2O4/c1-15-7-6-10-19(13-15)30-16(2)22(27)25-17-11-12-20-21(14-17)24(29)26(23(20)28)18-8-4-3-5-9-18/h3-14,16H,1-2H3,(H,25,27). The number of imide groups is 1. The first-order valence-corrected chi connectivity index (χ1v) is 9.56. The number of para-hydroxylation sites is 1. The molecule has 1 atom stereocenters. The van der Waals surface area contributed by atoms with E-state index in [9.17, 15) is 14.4 Å². The first kappa shape index (κ1) is 19.4. The van der Waals surface area contributed by atoms with Crippen LogP contribution in [0.25, 0.3) is 0 Å². The summed E-state index contributed by atoms with van der Waals surface area (Å²) in [5, 5.41) is 2.75. The molecule has 0 aliphatic carbocycles. The second-order valence-corrected chi connectivity index (χ2v) is 7.11. The van der Waals surface area contributed by atoms with E-state index in [0.29, 0.717) is 22.7 Å². The summed E-state index contributed by atoms with van der Waals surface area (Å²) in [6, 6.07) is 20.9. The van der Waals surface area contributed by atoms with Crippen molar-refractivity contribution in [3.05, 3.63) is 89.5 Å². The van der Waals surface area contributed by atoms with Crippen LogP contribution in [0.1, 0.15) is 33.2 Å². The minimum atomic E-state index is -0.738. The lowest BCUT2D eigenvalue weighted by Crippen LogP contribution is -2.30. The molecule has 30 heavy (non-hydrogen) atoms. The molecule has 1 aliphatic heterocycles. The van der Waals surface area contributed by atoms with E-state index in [1.165, 1.54) is 6.07 Å². The van der Waals surface area contributed by atoms with Gasteiger partial charge in [0, 0.05) is 5.69 Å². The number of fused-ring (bicyclic) bond motifs is 1. The fourth-order valence-corrected chi connectivity index (χ4v) is 3.32. The van der Waals surface area contributed by atoms with Crippen LogP contribution in [0, 0.1) is 6.92 Å². The molecule has 1 aliphatic rings. The summed E-state index contributed by atoms with van der Waals surface area (Å²) in [7, 11) is 0. The zero-order valence-electron chi connectivity index (χ0n) is 16.6. The number of aryl methyl sites for hydroxylation is 1. The van der Waals surface area contributed by atoms with Gasteiger partial charge in [0.2, 0.25) is 0 Å². The molecule has 0 radical (unpaired) electrons. The van der Waals surface area contributed by atoms with Crippen LogP contribution in [-0.4, -0.2) is 23.8 Å². The molecule has 0 saturated carbocycles. The Balaban J connectivity index is 1.50. The number of hydrogen-bond donors (Lipinski definition) is 1. The predicted octanol–water partition coefficient (Wildman–Crippen LogP) is 4.20. The second-order valence-electron chi connectivity index (χ2n) is 7.11. The Morgan fingerprint density at radius 2 is 1.63 bits per heavy atom. The largest absolute Gasteiger partial charge is 0.481 e. The molecule has 3 amide bonds. The molecule has 6 nitrogen and oxygen atoms in total. The van der Waals surface area contributed by atoms with Gasteiger partial charge in [-0.2, -0.15) is 0 Å². The Labute approximate surface area is 174 Å². The van der Waals surface area contributed by atoms with Crippen LogP contribution in [0.2, 0.25) is 0 Å². The van der Waals surface area contributed by atoms with E-state index in [2.05, 4.69) is 5.32 Å². The Kier molecular flexibility index (Phi) is 5.06. The van der Waals surface area contributed by atoms with E-state index in [1.807, 2.05) is 31.2 Å². The van der Waals surface area contributed by atoms with E-state index in [-0.39, 0.29) is 17.4 Å². The molecular formula is C24H20N2O4. The maximum atomic E-state index is 12.8. The fraction of sp³-hybridized carbons (Fsp3) is 0.125. The van der Waals surface area contributed by atoms with E-state index < -0.39 is 12.0 Å². The van der Waals surface area contributed by atoms with Crippen LogP contribution in [-0.2, 0) is 4.79 Å². The van der Waals surface area contributed by atoms with Crippen molar-refractivity contribution in [2.45, 2.75) is 20.0 Å². The van der Waals surface area contributed by atoms with Crippen molar-refractivity contribution < 1.29 is 19.1 Å².